The maximum absolute atomic E-state index is 6.18. The van der Waals surface area contributed by atoms with E-state index in [1.807, 2.05) is 72.8 Å². The first-order valence-electron chi connectivity index (χ1n) is 7.49. The van der Waals surface area contributed by atoms with Crippen molar-refractivity contribution in [2.75, 3.05) is 0 Å². The molecule has 0 bridgehead atoms. The van der Waals surface area contributed by atoms with Gasteiger partial charge in [0.15, 0.2) is 5.82 Å². The van der Waals surface area contributed by atoms with Gasteiger partial charge in [0.2, 0.25) is 0 Å². The zero-order valence-corrected chi connectivity index (χ0v) is 14.1. The maximum atomic E-state index is 6.18. The predicted octanol–water partition coefficient (Wildman–Crippen LogP) is 6.27. The minimum Gasteiger partial charge on any atom is -0.228 e. The lowest BCUT2D eigenvalue weighted by molar-refractivity contribution is 1.23. The molecule has 24 heavy (non-hydrogen) atoms. The van der Waals surface area contributed by atoms with Crippen molar-refractivity contribution >= 4 is 34.1 Å². The molecule has 0 fully saturated rings. The molecule has 4 aromatic rings. The second kappa shape index (κ2) is 6.23. The van der Waals surface area contributed by atoms with E-state index in [0.29, 0.717) is 15.9 Å². The largest absolute Gasteiger partial charge is 0.228 e. The van der Waals surface area contributed by atoms with Crippen molar-refractivity contribution in [3.05, 3.63) is 82.8 Å². The molecule has 3 aromatic carbocycles. The molecule has 0 saturated carbocycles. The van der Waals surface area contributed by atoms with Gasteiger partial charge in [0, 0.05) is 26.6 Å². The van der Waals surface area contributed by atoms with Crippen molar-refractivity contribution in [3.63, 3.8) is 0 Å². The lowest BCUT2D eigenvalue weighted by atomic mass is 10.1. The monoisotopic (exact) mass is 350 g/mol. The molecule has 0 amide bonds. The van der Waals surface area contributed by atoms with Crippen molar-refractivity contribution in [1.82, 2.24) is 9.97 Å². The molecule has 0 atom stereocenters. The highest BCUT2D eigenvalue weighted by molar-refractivity contribution is 6.31. The number of rotatable bonds is 2. The SMILES string of the molecule is Clc1cccc(-c2nc(-c3ccccc3)c3cc(Cl)ccc3n2)c1. The third-order valence-corrected chi connectivity index (χ3v) is 4.26. The summed E-state index contributed by atoms with van der Waals surface area (Å²) in [5.74, 6) is 0.645. The van der Waals surface area contributed by atoms with Crippen LogP contribution in [0.4, 0.5) is 0 Å². The average molecular weight is 351 g/mol. The Hall–Kier alpha value is -2.42. The van der Waals surface area contributed by atoms with Crippen LogP contribution >= 0.6 is 23.2 Å². The fourth-order valence-electron chi connectivity index (χ4n) is 2.67. The highest BCUT2D eigenvalue weighted by Gasteiger charge is 2.12. The van der Waals surface area contributed by atoms with Gasteiger partial charge in [-0.1, -0.05) is 65.7 Å². The molecule has 0 aliphatic carbocycles. The van der Waals surface area contributed by atoms with Crippen molar-refractivity contribution in [2.24, 2.45) is 0 Å². The van der Waals surface area contributed by atoms with Gasteiger partial charge in [-0.25, -0.2) is 9.97 Å². The molecule has 0 N–H and O–H groups in total. The highest BCUT2D eigenvalue weighted by Crippen LogP contribution is 2.31. The number of nitrogens with zero attached hydrogens (tertiary/aromatic N) is 2. The van der Waals surface area contributed by atoms with Crippen LogP contribution in [0.2, 0.25) is 10.0 Å². The second-order valence-corrected chi connectivity index (χ2v) is 6.31. The predicted molar refractivity (Wildman–Crippen MR) is 100 cm³/mol. The number of fused-ring (bicyclic) bond motifs is 1. The van der Waals surface area contributed by atoms with Crippen molar-refractivity contribution in [2.45, 2.75) is 0 Å². The molecule has 0 radical (unpaired) electrons. The van der Waals surface area contributed by atoms with Crippen molar-refractivity contribution < 1.29 is 0 Å². The maximum Gasteiger partial charge on any atom is 0.160 e. The van der Waals surface area contributed by atoms with E-state index in [4.69, 9.17) is 28.2 Å². The molecular formula is C20H12Cl2N2. The van der Waals surface area contributed by atoms with Crippen LogP contribution in [-0.2, 0) is 0 Å². The van der Waals surface area contributed by atoms with Gasteiger partial charge in [-0.2, -0.15) is 0 Å². The summed E-state index contributed by atoms with van der Waals surface area (Å²) in [5, 5.41) is 2.26. The summed E-state index contributed by atoms with van der Waals surface area (Å²) in [6, 6.07) is 23.3. The number of hydrogen-bond donors (Lipinski definition) is 0. The van der Waals surface area contributed by atoms with Gasteiger partial charge in [0.25, 0.3) is 0 Å². The summed E-state index contributed by atoms with van der Waals surface area (Å²) < 4.78 is 0. The van der Waals surface area contributed by atoms with Gasteiger partial charge in [-0.15, -0.1) is 0 Å². The van der Waals surface area contributed by atoms with E-state index in [1.165, 1.54) is 0 Å². The Bertz CT molecular complexity index is 1030. The zero-order valence-electron chi connectivity index (χ0n) is 12.6. The van der Waals surface area contributed by atoms with Crippen LogP contribution < -0.4 is 0 Å². The van der Waals surface area contributed by atoms with Crippen LogP contribution in [0.1, 0.15) is 0 Å². The van der Waals surface area contributed by atoms with Crippen LogP contribution in [0, 0.1) is 0 Å². The van der Waals surface area contributed by atoms with Gasteiger partial charge in [-0.05, 0) is 30.3 Å². The fourth-order valence-corrected chi connectivity index (χ4v) is 3.04. The Morgan fingerprint density at radius 1 is 0.625 bits per heavy atom. The standard InChI is InChI=1S/C20H12Cl2N2/c21-15-8-4-7-14(11-15)20-23-18-10-9-16(22)12-17(18)19(24-20)13-5-2-1-3-6-13/h1-12H. The molecule has 0 aliphatic heterocycles. The molecule has 0 unspecified atom stereocenters. The summed E-state index contributed by atoms with van der Waals surface area (Å²) in [6.07, 6.45) is 0. The molecule has 2 nitrogen and oxygen atoms in total. The summed E-state index contributed by atoms with van der Waals surface area (Å²) in [6.45, 7) is 0. The molecule has 4 rings (SSSR count). The molecule has 4 heteroatoms. The number of hydrogen-bond acceptors (Lipinski definition) is 2. The highest BCUT2D eigenvalue weighted by atomic mass is 35.5. The smallest absolute Gasteiger partial charge is 0.160 e. The van der Waals surface area contributed by atoms with E-state index in [-0.39, 0.29) is 0 Å². The van der Waals surface area contributed by atoms with Crippen LogP contribution in [0.3, 0.4) is 0 Å². The Kier molecular flexibility index (Phi) is 3.93. The summed E-state index contributed by atoms with van der Waals surface area (Å²) >= 11 is 12.3. The van der Waals surface area contributed by atoms with Crippen LogP contribution in [0.25, 0.3) is 33.5 Å². The topological polar surface area (TPSA) is 25.8 Å². The number of halogens is 2. The Morgan fingerprint density at radius 2 is 1.38 bits per heavy atom. The molecule has 0 aliphatic rings. The second-order valence-electron chi connectivity index (χ2n) is 5.43. The summed E-state index contributed by atoms with van der Waals surface area (Å²) in [7, 11) is 0. The van der Waals surface area contributed by atoms with E-state index >= 15 is 0 Å². The van der Waals surface area contributed by atoms with Crippen molar-refractivity contribution in [3.8, 4) is 22.6 Å². The Labute approximate surface area is 149 Å². The van der Waals surface area contributed by atoms with Crippen LogP contribution in [0.15, 0.2) is 72.8 Å². The third kappa shape index (κ3) is 2.86. The van der Waals surface area contributed by atoms with Crippen LogP contribution in [0.5, 0.6) is 0 Å². The van der Waals surface area contributed by atoms with Gasteiger partial charge < -0.3 is 0 Å². The molecular weight excluding hydrogens is 339 g/mol. The first kappa shape index (κ1) is 15.1. The average Bonchev–Trinajstić information content (AvgIpc) is 2.61. The lowest BCUT2D eigenvalue weighted by Gasteiger charge is -2.10. The van der Waals surface area contributed by atoms with Gasteiger partial charge in [0.05, 0.1) is 11.2 Å². The molecule has 0 saturated heterocycles. The van der Waals surface area contributed by atoms with Crippen LogP contribution in [-0.4, -0.2) is 9.97 Å². The Balaban J connectivity index is 2.03. The molecule has 0 spiro atoms. The molecule has 1 heterocycles. The number of aromatic nitrogens is 2. The molecule has 116 valence electrons. The van der Waals surface area contributed by atoms with Gasteiger partial charge in [-0.3, -0.25) is 0 Å². The number of benzene rings is 3. The van der Waals surface area contributed by atoms with E-state index in [9.17, 15) is 0 Å². The van der Waals surface area contributed by atoms with Crippen molar-refractivity contribution in [1.29, 1.82) is 0 Å². The van der Waals surface area contributed by atoms with Gasteiger partial charge >= 0.3 is 0 Å². The summed E-state index contributed by atoms with van der Waals surface area (Å²) in [5.41, 5.74) is 3.62. The molecule has 1 aromatic heterocycles. The minimum absolute atomic E-state index is 0.645. The van der Waals surface area contributed by atoms with Gasteiger partial charge in [0.1, 0.15) is 0 Å². The first-order chi connectivity index (χ1) is 11.7. The first-order valence-corrected chi connectivity index (χ1v) is 8.25. The quantitative estimate of drug-likeness (QED) is 0.425. The third-order valence-electron chi connectivity index (χ3n) is 3.79. The van der Waals surface area contributed by atoms with E-state index in [1.54, 1.807) is 0 Å². The van der Waals surface area contributed by atoms with E-state index < -0.39 is 0 Å². The summed E-state index contributed by atoms with van der Waals surface area (Å²) in [4.78, 5) is 9.48. The minimum atomic E-state index is 0.645. The fraction of sp³-hybridized carbons (Fsp3) is 0. The van der Waals surface area contributed by atoms with E-state index in [0.717, 1.165) is 27.7 Å². The zero-order chi connectivity index (χ0) is 16.5. The normalized spacial score (nSPS) is 10.9. The lowest BCUT2D eigenvalue weighted by Crippen LogP contribution is -1.95. The Morgan fingerprint density at radius 3 is 2.17 bits per heavy atom. The van der Waals surface area contributed by atoms with E-state index in [2.05, 4.69) is 4.98 Å².